The van der Waals surface area contributed by atoms with Gasteiger partial charge in [-0.25, -0.2) is 4.79 Å². The van der Waals surface area contributed by atoms with Crippen LogP contribution in [0.1, 0.15) is 93.5 Å². The number of unbranched alkanes of at least 4 members (excludes halogenated alkanes) is 9. The summed E-state index contributed by atoms with van der Waals surface area (Å²) in [5.41, 5.74) is 3.51. The fourth-order valence-electron chi connectivity index (χ4n) is 4.63. The van der Waals surface area contributed by atoms with Crippen LogP contribution in [0.5, 0.6) is 5.75 Å². The molecule has 0 radical (unpaired) electrons. The molecule has 0 N–H and O–H groups in total. The van der Waals surface area contributed by atoms with Gasteiger partial charge in [-0.15, -0.1) is 11.6 Å². The molecule has 0 fully saturated rings. The van der Waals surface area contributed by atoms with E-state index in [2.05, 4.69) is 6.92 Å². The molecule has 0 spiro atoms. The van der Waals surface area contributed by atoms with E-state index in [4.69, 9.17) is 21.1 Å². The molecule has 0 saturated carbocycles. The van der Waals surface area contributed by atoms with Gasteiger partial charge in [-0.05, 0) is 53.8 Å². The monoisotopic (exact) mass is 562 g/mol. The fourth-order valence-corrected chi connectivity index (χ4v) is 4.87. The van der Waals surface area contributed by atoms with Gasteiger partial charge in [0.1, 0.15) is 12.4 Å². The Kier molecular flexibility index (Phi) is 14.4. The molecule has 4 nitrogen and oxygen atoms in total. The van der Waals surface area contributed by atoms with Crippen LogP contribution in [-0.2, 0) is 16.0 Å². The van der Waals surface area contributed by atoms with Gasteiger partial charge in [-0.2, -0.15) is 0 Å². The maximum atomic E-state index is 12.5. The highest BCUT2D eigenvalue weighted by molar-refractivity contribution is 6.20. The Morgan fingerprint density at radius 1 is 0.700 bits per heavy atom. The number of ether oxygens (including phenoxy) is 2. The number of alkyl halides is 1. The van der Waals surface area contributed by atoms with E-state index in [0.717, 1.165) is 29.5 Å². The Hall–Kier alpha value is -3.11. The van der Waals surface area contributed by atoms with Crippen LogP contribution in [-0.4, -0.2) is 23.9 Å². The molecule has 3 rings (SSSR count). The molecule has 3 aromatic rings. The number of carbonyl (C=O) groups is 2. The molecule has 0 saturated heterocycles. The maximum absolute atomic E-state index is 12.5. The molecule has 0 bridgehead atoms. The maximum Gasteiger partial charge on any atom is 0.338 e. The van der Waals surface area contributed by atoms with E-state index in [-0.39, 0.29) is 18.0 Å². The Bertz CT molecular complexity index is 1130. The van der Waals surface area contributed by atoms with Gasteiger partial charge in [0.05, 0.1) is 10.9 Å². The molecule has 0 heterocycles. The number of hydrogen-bond donors (Lipinski definition) is 0. The van der Waals surface area contributed by atoms with Gasteiger partial charge < -0.3 is 9.47 Å². The summed E-state index contributed by atoms with van der Waals surface area (Å²) >= 11 is 6.35. The highest BCUT2D eigenvalue weighted by atomic mass is 35.5. The Balaban J connectivity index is 1.34. The third-order valence-electron chi connectivity index (χ3n) is 6.97. The van der Waals surface area contributed by atoms with Crippen LogP contribution >= 0.6 is 11.6 Å². The first kappa shape index (κ1) is 31.4. The number of benzene rings is 3. The Morgan fingerprint density at radius 3 is 1.85 bits per heavy atom. The van der Waals surface area contributed by atoms with E-state index in [1.165, 1.54) is 51.4 Å². The SMILES string of the molecule is CCCCCCCCCCCCC(=O)Oc1ccc(-c2ccc(C(=O)OCC(Cl)Cc3ccccc3)cc2)cc1. The summed E-state index contributed by atoms with van der Waals surface area (Å²) in [7, 11) is 0. The normalized spacial score (nSPS) is 11.7. The van der Waals surface area contributed by atoms with Crippen molar-refractivity contribution in [1.82, 2.24) is 0 Å². The molecule has 214 valence electrons. The number of esters is 2. The van der Waals surface area contributed by atoms with Crippen molar-refractivity contribution >= 4 is 23.5 Å². The summed E-state index contributed by atoms with van der Waals surface area (Å²) in [6.45, 7) is 2.39. The first-order valence-corrected chi connectivity index (χ1v) is 15.2. The standard InChI is InChI=1S/C35H43ClO4/c1-2-3-4-5-6-7-8-9-10-14-17-34(37)40-33-24-22-30(23-25-33)29-18-20-31(21-19-29)35(38)39-27-32(36)26-28-15-12-11-13-16-28/h11-13,15-16,18-25,32H,2-10,14,17,26-27H2,1H3. The van der Waals surface area contributed by atoms with Gasteiger partial charge in [0.15, 0.2) is 0 Å². The minimum atomic E-state index is -0.394. The average Bonchev–Trinajstić information content (AvgIpc) is 2.98. The number of rotatable bonds is 18. The Morgan fingerprint density at radius 2 is 1.25 bits per heavy atom. The van der Waals surface area contributed by atoms with Crippen molar-refractivity contribution in [3.63, 3.8) is 0 Å². The largest absolute Gasteiger partial charge is 0.461 e. The summed E-state index contributed by atoms with van der Waals surface area (Å²) in [6.07, 6.45) is 13.5. The van der Waals surface area contributed by atoms with Gasteiger partial charge in [-0.1, -0.05) is 119 Å². The molecule has 40 heavy (non-hydrogen) atoms. The van der Waals surface area contributed by atoms with Gasteiger partial charge in [-0.3, -0.25) is 4.79 Å². The third kappa shape index (κ3) is 12.0. The van der Waals surface area contributed by atoms with E-state index >= 15 is 0 Å². The molecule has 0 aliphatic carbocycles. The first-order chi connectivity index (χ1) is 19.5. The molecular formula is C35H43ClO4. The Labute approximate surface area is 245 Å². The molecule has 0 aromatic heterocycles. The summed E-state index contributed by atoms with van der Waals surface area (Å²) in [5, 5.41) is -0.284. The van der Waals surface area contributed by atoms with Gasteiger partial charge >= 0.3 is 11.9 Å². The second-order valence-electron chi connectivity index (χ2n) is 10.4. The molecule has 0 aliphatic rings. The van der Waals surface area contributed by atoms with Crippen molar-refractivity contribution in [2.75, 3.05) is 6.61 Å². The summed E-state index contributed by atoms with van der Waals surface area (Å²) in [5.74, 6) is -0.0276. The zero-order valence-electron chi connectivity index (χ0n) is 23.8. The molecule has 0 aliphatic heterocycles. The summed E-state index contributed by atoms with van der Waals surface area (Å²) < 4.78 is 10.9. The van der Waals surface area contributed by atoms with Gasteiger partial charge in [0.25, 0.3) is 0 Å². The van der Waals surface area contributed by atoms with Crippen LogP contribution < -0.4 is 4.74 Å². The van der Waals surface area contributed by atoms with E-state index in [1.54, 1.807) is 24.3 Å². The quantitative estimate of drug-likeness (QED) is 0.0670. The second-order valence-corrected chi connectivity index (χ2v) is 11.0. The molecule has 1 unspecified atom stereocenters. The van der Waals surface area contributed by atoms with Crippen molar-refractivity contribution in [2.24, 2.45) is 0 Å². The van der Waals surface area contributed by atoms with Crippen LogP contribution in [0.25, 0.3) is 11.1 Å². The molecular weight excluding hydrogens is 520 g/mol. The predicted molar refractivity (Wildman–Crippen MR) is 164 cm³/mol. The number of hydrogen-bond acceptors (Lipinski definition) is 4. The van der Waals surface area contributed by atoms with Crippen molar-refractivity contribution in [1.29, 1.82) is 0 Å². The lowest BCUT2D eigenvalue weighted by molar-refractivity contribution is -0.134. The fraction of sp³-hybridized carbons (Fsp3) is 0.429. The lowest BCUT2D eigenvalue weighted by Gasteiger charge is -2.11. The highest BCUT2D eigenvalue weighted by Gasteiger charge is 2.12. The lowest BCUT2D eigenvalue weighted by atomic mass is 10.0. The van der Waals surface area contributed by atoms with Crippen molar-refractivity contribution < 1.29 is 19.1 Å². The zero-order valence-corrected chi connectivity index (χ0v) is 24.5. The number of carbonyl (C=O) groups excluding carboxylic acids is 2. The van der Waals surface area contributed by atoms with Crippen molar-refractivity contribution in [3.05, 3.63) is 90.0 Å². The van der Waals surface area contributed by atoms with Crippen LogP contribution in [0.2, 0.25) is 0 Å². The average molecular weight is 563 g/mol. The minimum Gasteiger partial charge on any atom is -0.461 e. The summed E-state index contributed by atoms with van der Waals surface area (Å²) in [6, 6.07) is 24.6. The zero-order chi connectivity index (χ0) is 28.4. The predicted octanol–water partition coefficient (Wildman–Crippen LogP) is 9.58. The van der Waals surface area contributed by atoms with E-state index in [0.29, 0.717) is 24.2 Å². The molecule has 3 aromatic carbocycles. The van der Waals surface area contributed by atoms with Crippen molar-refractivity contribution in [2.45, 2.75) is 89.4 Å². The van der Waals surface area contributed by atoms with Crippen LogP contribution in [0.3, 0.4) is 0 Å². The smallest absolute Gasteiger partial charge is 0.338 e. The van der Waals surface area contributed by atoms with Gasteiger partial charge in [0, 0.05) is 6.42 Å². The second kappa shape index (κ2) is 18.3. The minimum absolute atomic E-state index is 0.149. The van der Waals surface area contributed by atoms with Gasteiger partial charge in [0.2, 0.25) is 0 Å². The van der Waals surface area contributed by atoms with E-state index in [1.807, 2.05) is 54.6 Å². The van der Waals surface area contributed by atoms with Crippen LogP contribution in [0.15, 0.2) is 78.9 Å². The van der Waals surface area contributed by atoms with E-state index in [9.17, 15) is 9.59 Å². The lowest BCUT2D eigenvalue weighted by Crippen LogP contribution is -2.16. The molecule has 1 atom stereocenters. The first-order valence-electron chi connectivity index (χ1n) is 14.8. The van der Waals surface area contributed by atoms with E-state index < -0.39 is 5.97 Å². The van der Waals surface area contributed by atoms with Crippen LogP contribution in [0.4, 0.5) is 0 Å². The third-order valence-corrected chi connectivity index (χ3v) is 7.25. The molecule has 5 heteroatoms. The number of halogens is 1. The summed E-state index contributed by atoms with van der Waals surface area (Å²) in [4.78, 5) is 24.7. The highest BCUT2D eigenvalue weighted by Crippen LogP contribution is 2.24. The molecule has 0 amide bonds. The van der Waals surface area contributed by atoms with Crippen LogP contribution in [0, 0.1) is 0 Å². The topological polar surface area (TPSA) is 52.6 Å². The van der Waals surface area contributed by atoms with Crippen molar-refractivity contribution in [3.8, 4) is 16.9 Å².